The summed E-state index contributed by atoms with van der Waals surface area (Å²) in [6, 6.07) is 11.9. The maximum atomic E-state index is 12.7. The topological polar surface area (TPSA) is 89.2 Å². The molecule has 1 saturated heterocycles. The van der Waals surface area contributed by atoms with Gasteiger partial charge in [0, 0.05) is 57.0 Å². The van der Waals surface area contributed by atoms with Crippen LogP contribution in [0.5, 0.6) is 11.5 Å². The molecule has 0 spiro atoms. The molecule has 0 unspecified atom stereocenters. The Morgan fingerprint density at radius 2 is 1.78 bits per heavy atom. The van der Waals surface area contributed by atoms with Crippen molar-refractivity contribution in [2.24, 2.45) is 0 Å². The Balaban J connectivity index is 1.18. The van der Waals surface area contributed by atoms with Gasteiger partial charge in [-0.25, -0.2) is 0 Å². The van der Waals surface area contributed by atoms with Crippen LogP contribution in [-0.4, -0.2) is 77.5 Å². The van der Waals surface area contributed by atoms with E-state index >= 15 is 0 Å². The van der Waals surface area contributed by atoms with Crippen LogP contribution in [0.4, 0.5) is 0 Å². The van der Waals surface area contributed by atoms with Crippen molar-refractivity contribution in [3.63, 3.8) is 0 Å². The van der Waals surface area contributed by atoms with Gasteiger partial charge < -0.3 is 19.9 Å². The van der Waals surface area contributed by atoms with E-state index < -0.39 is 0 Å². The molecule has 1 aromatic heterocycles. The third-order valence-corrected chi connectivity index (χ3v) is 6.72. The predicted octanol–water partition coefficient (Wildman–Crippen LogP) is 3.12. The quantitative estimate of drug-likeness (QED) is 0.427. The van der Waals surface area contributed by atoms with Gasteiger partial charge in [0.25, 0.3) is 5.91 Å². The molecule has 0 atom stereocenters. The number of amides is 1. The first-order chi connectivity index (χ1) is 15.6. The number of furan rings is 1. The second-order valence-electron chi connectivity index (χ2n) is 7.94. The largest absolute Gasteiger partial charge is 0.508 e. The summed E-state index contributed by atoms with van der Waals surface area (Å²) in [5.41, 5.74) is 0.368. The van der Waals surface area contributed by atoms with Crippen LogP contribution in [-0.2, 0) is 5.75 Å². The van der Waals surface area contributed by atoms with Crippen molar-refractivity contribution in [2.45, 2.75) is 5.75 Å². The number of carbonyl (C=O) groups is 1. The Kier molecular flexibility index (Phi) is 7.57. The highest BCUT2D eigenvalue weighted by Gasteiger charge is 2.17. The number of phenolic OH excluding ortho intramolecular Hbond substituents is 2. The molecule has 170 valence electrons. The number of hydrogen-bond acceptors (Lipinski definition) is 7. The van der Waals surface area contributed by atoms with Crippen LogP contribution in [0.1, 0.15) is 16.1 Å². The molecule has 8 heteroatoms. The van der Waals surface area contributed by atoms with Crippen LogP contribution in [0.3, 0.4) is 0 Å². The molecular weight excluding hydrogens is 426 g/mol. The molecule has 2 aromatic carbocycles. The van der Waals surface area contributed by atoms with Gasteiger partial charge in [0.15, 0.2) is 0 Å². The zero-order valence-corrected chi connectivity index (χ0v) is 18.8. The summed E-state index contributed by atoms with van der Waals surface area (Å²) in [6.07, 6.45) is 1.72. The van der Waals surface area contributed by atoms with Crippen molar-refractivity contribution in [2.75, 3.05) is 51.6 Å². The summed E-state index contributed by atoms with van der Waals surface area (Å²) in [7, 11) is 0. The first-order valence-electron chi connectivity index (χ1n) is 10.9. The normalized spacial score (nSPS) is 15.2. The summed E-state index contributed by atoms with van der Waals surface area (Å²) in [6.45, 7) is 6.44. The lowest BCUT2D eigenvalue weighted by Crippen LogP contribution is -2.48. The molecule has 3 N–H and O–H groups in total. The third kappa shape index (κ3) is 5.76. The monoisotopic (exact) mass is 455 g/mol. The van der Waals surface area contributed by atoms with E-state index in [2.05, 4.69) is 15.1 Å². The van der Waals surface area contributed by atoms with Crippen molar-refractivity contribution >= 4 is 28.4 Å². The average Bonchev–Trinajstić information content (AvgIpc) is 3.31. The fourth-order valence-corrected chi connectivity index (χ4v) is 4.86. The van der Waals surface area contributed by atoms with Crippen LogP contribution in [0, 0.1) is 0 Å². The summed E-state index contributed by atoms with van der Waals surface area (Å²) < 4.78 is 5.36. The molecule has 0 aliphatic carbocycles. The first-order valence-corrected chi connectivity index (χ1v) is 12.0. The number of phenols is 2. The SMILES string of the molecule is O=C(NCCN1CCN(CCSCc2ccco2)CC1)c1cc(O)cc2c(O)cccc12. The predicted molar refractivity (Wildman–Crippen MR) is 127 cm³/mol. The van der Waals surface area contributed by atoms with Crippen molar-refractivity contribution in [1.29, 1.82) is 0 Å². The minimum absolute atomic E-state index is 0.0393. The fraction of sp³-hybridized carbons (Fsp3) is 0.375. The van der Waals surface area contributed by atoms with Crippen molar-refractivity contribution in [1.82, 2.24) is 15.1 Å². The highest BCUT2D eigenvalue weighted by Crippen LogP contribution is 2.30. The molecule has 1 fully saturated rings. The number of carbonyl (C=O) groups excluding carboxylic acids is 1. The first kappa shape index (κ1) is 22.5. The smallest absolute Gasteiger partial charge is 0.252 e. The fourth-order valence-electron chi connectivity index (χ4n) is 3.96. The summed E-state index contributed by atoms with van der Waals surface area (Å²) in [5, 5.41) is 24.0. The molecule has 1 amide bonds. The molecule has 0 bridgehead atoms. The van der Waals surface area contributed by atoms with Crippen LogP contribution < -0.4 is 5.32 Å². The van der Waals surface area contributed by atoms with Crippen molar-refractivity contribution in [3.05, 3.63) is 60.1 Å². The van der Waals surface area contributed by atoms with E-state index in [1.807, 2.05) is 23.9 Å². The van der Waals surface area contributed by atoms with Crippen LogP contribution in [0.25, 0.3) is 10.8 Å². The van der Waals surface area contributed by atoms with Gasteiger partial charge in [-0.15, -0.1) is 0 Å². The maximum Gasteiger partial charge on any atom is 0.252 e. The van der Waals surface area contributed by atoms with Crippen LogP contribution in [0.2, 0.25) is 0 Å². The Morgan fingerprint density at radius 1 is 1.00 bits per heavy atom. The number of benzene rings is 2. The lowest BCUT2D eigenvalue weighted by molar-refractivity contribution is 0.0939. The van der Waals surface area contributed by atoms with E-state index in [9.17, 15) is 15.0 Å². The second kappa shape index (κ2) is 10.8. The average molecular weight is 456 g/mol. The zero-order valence-electron chi connectivity index (χ0n) is 18.0. The van der Waals surface area contributed by atoms with E-state index in [-0.39, 0.29) is 17.4 Å². The number of fused-ring (bicyclic) bond motifs is 1. The Bertz CT molecular complexity index is 1030. The van der Waals surface area contributed by atoms with E-state index in [1.54, 1.807) is 24.5 Å². The van der Waals surface area contributed by atoms with Gasteiger partial charge in [0.2, 0.25) is 0 Å². The van der Waals surface area contributed by atoms with E-state index in [0.29, 0.717) is 22.9 Å². The number of aromatic hydroxyl groups is 2. The molecule has 2 heterocycles. The summed E-state index contributed by atoms with van der Waals surface area (Å²) >= 11 is 1.89. The number of rotatable bonds is 9. The number of hydrogen-bond donors (Lipinski definition) is 3. The highest BCUT2D eigenvalue weighted by atomic mass is 32.2. The highest BCUT2D eigenvalue weighted by molar-refractivity contribution is 7.98. The Hall–Kier alpha value is -2.68. The molecule has 1 aliphatic heterocycles. The van der Waals surface area contributed by atoms with E-state index in [4.69, 9.17) is 4.42 Å². The lowest BCUT2D eigenvalue weighted by Gasteiger charge is -2.34. The molecule has 0 saturated carbocycles. The maximum absolute atomic E-state index is 12.7. The van der Waals surface area contributed by atoms with Crippen LogP contribution >= 0.6 is 11.8 Å². The minimum atomic E-state index is -0.247. The summed E-state index contributed by atoms with van der Waals surface area (Å²) in [4.78, 5) is 17.6. The van der Waals surface area contributed by atoms with Gasteiger partial charge in [-0.2, -0.15) is 11.8 Å². The Labute approximate surface area is 192 Å². The minimum Gasteiger partial charge on any atom is -0.508 e. The number of nitrogens with one attached hydrogen (secondary N) is 1. The molecule has 1 aliphatic rings. The van der Waals surface area contributed by atoms with E-state index in [1.165, 1.54) is 12.1 Å². The summed E-state index contributed by atoms with van der Waals surface area (Å²) in [5.74, 6) is 2.79. The van der Waals surface area contributed by atoms with Crippen LogP contribution in [0.15, 0.2) is 53.1 Å². The second-order valence-corrected chi connectivity index (χ2v) is 9.04. The molecule has 7 nitrogen and oxygen atoms in total. The molecular formula is C24H29N3O4S. The number of piperazine rings is 1. The van der Waals surface area contributed by atoms with Gasteiger partial charge in [0.05, 0.1) is 17.6 Å². The molecule has 0 radical (unpaired) electrons. The van der Waals surface area contributed by atoms with Gasteiger partial charge in [-0.05, 0) is 35.7 Å². The van der Waals surface area contributed by atoms with Gasteiger partial charge in [-0.1, -0.05) is 12.1 Å². The molecule has 32 heavy (non-hydrogen) atoms. The molecule has 3 aromatic rings. The van der Waals surface area contributed by atoms with Crippen molar-refractivity contribution in [3.8, 4) is 11.5 Å². The number of thioether (sulfide) groups is 1. The zero-order chi connectivity index (χ0) is 22.3. The number of nitrogens with zero attached hydrogens (tertiary/aromatic N) is 2. The molecule has 4 rings (SSSR count). The van der Waals surface area contributed by atoms with Gasteiger partial charge in [0.1, 0.15) is 17.3 Å². The third-order valence-electron chi connectivity index (χ3n) is 5.76. The standard InChI is InChI=1S/C24H29N3O4S/c28-18-15-21-20(4-1-5-23(21)29)22(16-18)24(30)25-6-7-26-8-10-27(11-9-26)12-14-32-17-19-3-2-13-31-19/h1-5,13,15-16,28-29H,6-12,14,17H2,(H,25,30). The van der Waals surface area contributed by atoms with E-state index in [0.717, 1.165) is 56.5 Å². The van der Waals surface area contributed by atoms with Crippen molar-refractivity contribution < 1.29 is 19.4 Å². The Morgan fingerprint density at radius 3 is 2.53 bits per heavy atom. The van der Waals surface area contributed by atoms with Gasteiger partial charge >= 0.3 is 0 Å². The lowest BCUT2D eigenvalue weighted by atomic mass is 10.0. The van der Waals surface area contributed by atoms with Gasteiger partial charge in [-0.3, -0.25) is 14.6 Å².